The molecule has 0 N–H and O–H groups in total. The summed E-state index contributed by atoms with van der Waals surface area (Å²) in [4.78, 5) is 13.3. The summed E-state index contributed by atoms with van der Waals surface area (Å²) in [6.07, 6.45) is 13.1. The number of nitrogens with zero attached hydrogens (tertiary/aromatic N) is 5. The smallest absolute Gasteiger partial charge is 0.155 e. The predicted octanol–water partition coefficient (Wildman–Crippen LogP) is 5.56. The van der Waals surface area contributed by atoms with Crippen LogP contribution in [0.3, 0.4) is 0 Å². The maximum Gasteiger partial charge on any atom is 0.155 e. The third-order valence-corrected chi connectivity index (χ3v) is 5.67. The van der Waals surface area contributed by atoms with E-state index in [1.165, 1.54) is 42.5 Å². The van der Waals surface area contributed by atoms with Gasteiger partial charge in [-0.15, -0.1) is 0 Å². The molecule has 0 atom stereocenters. The molecule has 0 saturated heterocycles. The highest BCUT2D eigenvalue weighted by Gasteiger charge is 2.27. The molecule has 2 fully saturated rings. The van der Waals surface area contributed by atoms with Crippen LogP contribution in [0.2, 0.25) is 0 Å². The van der Waals surface area contributed by atoms with Crippen LogP contribution < -0.4 is 0 Å². The highest BCUT2D eigenvalue weighted by atomic mass is 15.2. The van der Waals surface area contributed by atoms with E-state index < -0.39 is 0 Å². The van der Waals surface area contributed by atoms with Gasteiger partial charge in [-0.25, -0.2) is 19.5 Å². The van der Waals surface area contributed by atoms with Gasteiger partial charge in [-0.2, -0.15) is 5.10 Å². The molecular formula is C24H33N5. The molecule has 0 bridgehead atoms. The SMILES string of the molecule is CC(C)(C)c1cnc(C2CC2)nc1.CC(C)(C)c1cnc2cc(C3CC3)nn2c1. The Balaban J connectivity index is 0.000000145. The van der Waals surface area contributed by atoms with Crippen molar-refractivity contribution in [2.75, 3.05) is 0 Å². The summed E-state index contributed by atoms with van der Waals surface area (Å²) >= 11 is 0. The van der Waals surface area contributed by atoms with Gasteiger partial charge in [-0.3, -0.25) is 0 Å². The zero-order valence-electron chi connectivity index (χ0n) is 18.6. The van der Waals surface area contributed by atoms with Crippen LogP contribution in [-0.2, 0) is 10.8 Å². The molecule has 2 aliphatic carbocycles. The van der Waals surface area contributed by atoms with Gasteiger partial charge in [0, 0.05) is 42.7 Å². The molecule has 5 rings (SSSR count). The second-order valence-electron chi connectivity index (χ2n) is 10.6. The number of hydrogen-bond acceptors (Lipinski definition) is 4. The lowest BCUT2D eigenvalue weighted by Crippen LogP contribution is -2.12. The van der Waals surface area contributed by atoms with Gasteiger partial charge in [-0.1, -0.05) is 41.5 Å². The van der Waals surface area contributed by atoms with Gasteiger partial charge in [0.2, 0.25) is 0 Å². The third-order valence-electron chi connectivity index (χ3n) is 5.67. The Labute approximate surface area is 174 Å². The molecule has 2 aliphatic rings. The van der Waals surface area contributed by atoms with E-state index in [0.29, 0.717) is 11.8 Å². The fourth-order valence-corrected chi connectivity index (χ4v) is 3.14. The van der Waals surface area contributed by atoms with Crippen LogP contribution >= 0.6 is 0 Å². The molecule has 0 aromatic carbocycles. The monoisotopic (exact) mass is 391 g/mol. The first-order valence-electron chi connectivity index (χ1n) is 10.8. The zero-order valence-corrected chi connectivity index (χ0v) is 18.6. The first kappa shape index (κ1) is 20.0. The van der Waals surface area contributed by atoms with Crippen molar-refractivity contribution in [3.8, 4) is 0 Å². The quantitative estimate of drug-likeness (QED) is 0.574. The topological polar surface area (TPSA) is 56.0 Å². The summed E-state index contributed by atoms with van der Waals surface area (Å²) in [6.45, 7) is 13.1. The average Bonchev–Trinajstić information content (AvgIpc) is 3.57. The fraction of sp³-hybridized carbons (Fsp3) is 0.583. The van der Waals surface area contributed by atoms with E-state index in [4.69, 9.17) is 0 Å². The number of aromatic nitrogens is 5. The first-order valence-corrected chi connectivity index (χ1v) is 10.8. The molecule has 0 radical (unpaired) electrons. The second-order valence-corrected chi connectivity index (χ2v) is 10.6. The van der Waals surface area contributed by atoms with Gasteiger partial charge < -0.3 is 0 Å². The summed E-state index contributed by atoms with van der Waals surface area (Å²) < 4.78 is 1.92. The van der Waals surface area contributed by atoms with Crippen molar-refractivity contribution in [1.29, 1.82) is 0 Å². The van der Waals surface area contributed by atoms with E-state index in [1.54, 1.807) is 0 Å². The van der Waals surface area contributed by atoms with Crippen molar-refractivity contribution in [2.24, 2.45) is 0 Å². The first-order chi connectivity index (χ1) is 13.6. The van der Waals surface area contributed by atoms with Crippen LogP contribution in [0, 0.1) is 0 Å². The second kappa shape index (κ2) is 7.19. The largest absolute Gasteiger partial charge is 0.241 e. The Bertz CT molecular complexity index is 981. The lowest BCUT2D eigenvalue weighted by molar-refractivity contribution is 0.581. The van der Waals surface area contributed by atoms with Gasteiger partial charge in [0.1, 0.15) is 5.82 Å². The Kier molecular flexibility index (Phi) is 4.96. The van der Waals surface area contributed by atoms with E-state index in [1.807, 2.05) is 23.1 Å². The molecule has 3 aromatic heterocycles. The Morgan fingerprint density at radius 3 is 1.83 bits per heavy atom. The van der Waals surface area contributed by atoms with Crippen LogP contribution in [0.5, 0.6) is 0 Å². The molecule has 0 spiro atoms. The lowest BCUT2D eigenvalue weighted by Gasteiger charge is -2.17. The van der Waals surface area contributed by atoms with Crippen molar-refractivity contribution < 1.29 is 0 Å². The van der Waals surface area contributed by atoms with Crippen molar-refractivity contribution in [3.63, 3.8) is 0 Å². The van der Waals surface area contributed by atoms with E-state index in [9.17, 15) is 0 Å². The predicted molar refractivity (Wildman–Crippen MR) is 116 cm³/mol. The van der Waals surface area contributed by atoms with Gasteiger partial charge >= 0.3 is 0 Å². The van der Waals surface area contributed by atoms with Crippen molar-refractivity contribution in [1.82, 2.24) is 24.6 Å². The van der Waals surface area contributed by atoms with Crippen LogP contribution in [0.15, 0.2) is 30.9 Å². The van der Waals surface area contributed by atoms with E-state index in [2.05, 4.69) is 73.9 Å². The standard InChI is InChI=1S/C13H17N3.C11H16N2/c1-13(2,3)10-7-14-12-6-11(9-4-5-9)15-16(12)8-10;1-11(2,3)9-6-12-10(13-7-9)8-4-5-8/h6-9H,4-5H2,1-3H3;6-8H,4-5H2,1-3H3. The molecule has 0 amide bonds. The van der Waals surface area contributed by atoms with Crippen LogP contribution in [0.4, 0.5) is 0 Å². The molecule has 3 heterocycles. The molecule has 5 heteroatoms. The van der Waals surface area contributed by atoms with Crippen molar-refractivity contribution in [3.05, 3.63) is 53.5 Å². The van der Waals surface area contributed by atoms with Crippen LogP contribution in [0.25, 0.3) is 5.65 Å². The highest BCUT2D eigenvalue weighted by molar-refractivity contribution is 5.42. The minimum Gasteiger partial charge on any atom is -0.241 e. The maximum absolute atomic E-state index is 4.60. The van der Waals surface area contributed by atoms with E-state index >= 15 is 0 Å². The summed E-state index contributed by atoms with van der Waals surface area (Å²) in [6, 6.07) is 2.12. The Morgan fingerprint density at radius 2 is 1.31 bits per heavy atom. The molecule has 3 aromatic rings. The molecule has 29 heavy (non-hydrogen) atoms. The van der Waals surface area contributed by atoms with Crippen molar-refractivity contribution >= 4 is 5.65 Å². The van der Waals surface area contributed by atoms with Crippen LogP contribution in [0.1, 0.15) is 102 Å². The summed E-state index contributed by atoms with van der Waals surface area (Å²) in [5.74, 6) is 2.39. The fourth-order valence-electron chi connectivity index (χ4n) is 3.14. The minimum absolute atomic E-state index is 0.132. The van der Waals surface area contributed by atoms with Gasteiger partial charge in [-0.05, 0) is 47.6 Å². The molecule has 154 valence electrons. The van der Waals surface area contributed by atoms with Crippen molar-refractivity contribution in [2.45, 2.75) is 89.9 Å². The maximum atomic E-state index is 4.60. The Morgan fingerprint density at radius 1 is 0.759 bits per heavy atom. The summed E-state index contributed by atoms with van der Waals surface area (Å²) in [5.41, 5.74) is 4.92. The minimum atomic E-state index is 0.132. The molecule has 5 nitrogen and oxygen atoms in total. The molecule has 0 aliphatic heterocycles. The molecule has 0 unspecified atom stereocenters. The molecular weight excluding hydrogens is 358 g/mol. The third kappa shape index (κ3) is 4.82. The summed E-state index contributed by atoms with van der Waals surface area (Å²) in [5, 5.41) is 4.60. The van der Waals surface area contributed by atoms with Gasteiger partial charge in [0.25, 0.3) is 0 Å². The van der Waals surface area contributed by atoms with E-state index in [0.717, 1.165) is 11.5 Å². The number of hydrogen-bond donors (Lipinski definition) is 0. The number of rotatable bonds is 2. The van der Waals surface area contributed by atoms with E-state index in [-0.39, 0.29) is 10.8 Å². The zero-order chi connectivity index (χ0) is 20.8. The normalized spacial score (nSPS) is 17.2. The average molecular weight is 392 g/mol. The van der Waals surface area contributed by atoms with Crippen LogP contribution in [-0.4, -0.2) is 24.6 Å². The van der Waals surface area contributed by atoms with Gasteiger partial charge in [0.05, 0.1) is 5.69 Å². The summed E-state index contributed by atoms with van der Waals surface area (Å²) in [7, 11) is 0. The lowest BCUT2D eigenvalue weighted by atomic mass is 9.89. The Hall–Kier alpha value is -2.30. The molecule has 2 saturated carbocycles. The van der Waals surface area contributed by atoms with Gasteiger partial charge in [0.15, 0.2) is 5.65 Å². The number of fused-ring (bicyclic) bond motifs is 1. The highest BCUT2D eigenvalue weighted by Crippen LogP contribution is 2.39.